The highest BCUT2D eigenvalue weighted by Crippen LogP contribution is 2.42. The van der Waals surface area contributed by atoms with Gasteiger partial charge < -0.3 is 14.8 Å². The summed E-state index contributed by atoms with van der Waals surface area (Å²) in [4.78, 5) is 25.1. The van der Waals surface area contributed by atoms with Crippen molar-refractivity contribution in [2.24, 2.45) is 0 Å². The van der Waals surface area contributed by atoms with E-state index in [1.54, 1.807) is 6.92 Å². The molecule has 0 radical (unpaired) electrons. The maximum Gasteiger partial charge on any atom is 0.335 e. The molecular weight excluding hydrogens is 330 g/mol. The summed E-state index contributed by atoms with van der Waals surface area (Å²) in [5.41, 5.74) is 1.26. The van der Waals surface area contributed by atoms with E-state index in [4.69, 9.17) is 9.47 Å². The van der Waals surface area contributed by atoms with Crippen LogP contribution in [0.3, 0.4) is 0 Å². The SMILES string of the molecule is CCOc1ccc(CNC(=O)C2=C(C)C(=O)OC23CCCCCC3)cc1. The normalized spacial score (nSPS) is 19.2. The van der Waals surface area contributed by atoms with E-state index >= 15 is 0 Å². The zero-order valence-corrected chi connectivity index (χ0v) is 15.6. The van der Waals surface area contributed by atoms with Crippen LogP contribution in [-0.4, -0.2) is 24.1 Å². The van der Waals surface area contributed by atoms with Crippen molar-refractivity contribution in [2.75, 3.05) is 6.61 Å². The van der Waals surface area contributed by atoms with Gasteiger partial charge in [-0.1, -0.05) is 25.0 Å². The summed E-state index contributed by atoms with van der Waals surface area (Å²) in [7, 11) is 0. The highest BCUT2D eigenvalue weighted by molar-refractivity contribution is 6.07. The molecular formula is C21H27NO4. The molecule has 5 heteroatoms. The molecule has 0 aromatic heterocycles. The topological polar surface area (TPSA) is 64.6 Å². The number of carbonyl (C=O) groups excluding carboxylic acids is 2. The van der Waals surface area contributed by atoms with Crippen LogP contribution in [0.4, 0.5) is 0 Å². The van der Waals surface area contributed by atoms with Gasteiger partial charge >= 0.3 is 5.97 Å². The first-order valence-corrected chi connectivity index (χ1v) is 9.50. The van der Waals surface area contributed by atoms with Crippen LogP contribution in [0.15, 0.2) is 35.4 Å². The highest BCUT2D eigenvalue weighted by atomic mass is 16.6. The first-order chi connectivity index (χ1) is 12.6. The summed E-state index contributed by atoms with van der Waals surface area (Å²) in [5.74, 6) is 0.274. The molecule has 0 saturated heterocycles. The molecule has 140 valence electrons. The molecule has 26 heavy (non-hydrogen) atoms. The lowest BCUT2D eigenvalue weighted by atomic mass is 9.84. The van der Waals surface area contributed by atoms with E-state index in [1.165, 1.54) is 0 Å². The Bertz CT molecular complexity index is 697. The van der Waals surface area contributed by atoms with E-state index in [2.05, 4.69) is 5.32 Å². The predicted molar refractivity (Wildman–Crippen MR) is 98.7 cm³/mol. The molecule has 1 fully saturated rings. The maximum atomic E-state index is 12.9. The molecule has 1 aliphatic heterocycles. The number of rotatable bonds is 5. The van der Waals surface area contributed by atoms with Gasteiger partial charge in [-0.2, -0.15) is 0 Å². The zero-order chi connectivity index (χ0) is 18.6. The molecule has 1 heterocycles. The van der Waals surface area contributed by atoms with Crippen LogP contribution < -0.4 is 10.1 Å². The Labute approximate surface area is 154 Å². The summed E-state index contributed by atoms with van der Waals surface area (Å²) in [5, 5.41) is 2.97. The number of amides is 1. The first kappa shape index (κ1) is 18.5. The fourth-order valence-corrected chi connectivity index (χ4v) is 3.92. The van der Waals surface area contributed by atoms with Gasteiger partial charge in [0.1, 0.15) is 11.4 Å². The lowest BCUT2D eigenvalue weighted by Crippen LogP contribution is -2.39. The van der Waals surface area contributed by atoms with Crippen molar-refractivity contribution in [1.29, 1.82) is 0 Å². The Morgan fingerprint density at radius 3 is 2.42 bits per heavy atom. The quantitative estimate of drug-likeness (QED) is 0.817. The van der Waals surface area contributed by atoms with Crippen molar-refractivity contribution in [3.63, 3.8) is 0 Å². The summed E-state index contributed by atoms with van der Waals surface area (Å²) in [6.45, 7) is 4.68. The van der Waals surface area contributed by atoms with Crippen molar-refractivity contribution in [3.8, 4) is 5.75 Å². The average molecular weight is 357 g/mol. The Morgan fingerprint density at radius 1 is 1.15 bits per heavy atom. The molecule has 1 amide bonds. The fraction of sp³-hybridized carbons (Fsp3) is 0.524. The van der Waals surface area contributed by atoms with Crippen molar-refractivity contribution in [1.82, 2.24) is 5.32 Å². The van der Waals surface area contributed by atoms with Crippen LogP contribution in [0.25, 0.3) is 0 Å². The molecule has 0 bridgehead atoms. The third-order valence-electron chi connectivity index (χ3n) is 5.25. The van der Waals surface area contributed by atoms with Crippen molar-refractivity contribution >= 4 is 11.9 Å². The van der Waals surface area contributed by atoms with E-state index in [0.29, 0.717) is 24.3 Å². The van der Waals surface area contributed by atoms with Gasteiger partial charge in [-0.05, 0) is 57.2 Å². The number of hydrogen-bond donors (Lipinski definition) is 1. The molecule has 1 aliphatic carbocycles. The number of nitrogens with one attached hydrogen (secondary N) is 1. The van der Waals surface area contributed by atoms with E-state index in [-0.39, 0.29) is 11.9 Å². The van der Waals surface area contributed by atoms with E-state index in [0.717, 1.165) is 49.8 Å². The van der Waals surface area contributed by atoms with Crippen molar-refractivity contribution in [3.05, 3.63) is 41.0 Å². The minimum absolute atomic E-state index is 0.191. The summed E-state index contributed by atoms with van der Waals surface area (Å²) >= 11 is 0. The van der Waals surface area contributed by atoms with Crippen LogP contribution in [-0.2, 0) is 20.9 Å². The fourth-order valence-electron chi connectivity index (χ4n) is 3.92. The van der Waals surface area contributed by atoms with Gasteiger partial charge in [0.25, 0.3) is 5.91 Å². The van der Waals surface area contributed by atoms with Gasteiger partial charge in [0.05, 0.1) is 12.2 Å². The van der Waals surface area contributed by atoms with E-state index in [1.807, 2.05) is 31.2 Å². The van der Waals surface area contributed by atoms with Gasteiger partial charge in [-0.15, -0.1) is 0 Å². The number of carbonyl (C=O) groups is 2. The third-order valence-corrected chi connectivity index (χ3v) is 5.25. The minimum atomic E-state index is -0.722. The van der Waals surface area contributed by atoms with Crippen molar-refractivity contribution < 1.29 is 19.1 Å². The van der Waals surface area contributed by atoms with E-state index in [9.17, 15) is 9.59 Å². The summed E-state index contributed by atoms with van der Waals surface area (Å²) in [6.07, 6.45) is 5.69. The van der Waals surface area contributed by atoms with Crippen LogP contribution in [0.1, 0.15) is 57.9 Å². The number of hydrogen-bond acceptors (Lipinski definition) is 4. The molecule has 2 aliphatic rings. The van der Waals surface area contributed by atoms with Crippen LogP contribution in [0, 0.1) is 0 Å². The van der Waals surface area contributed by atoms with Gasteiger partial charge in [-0.25, -0.2) is 4.79 Å². The van der Waals surface area contributed by atoms with Crippen LogP contribution in [0.2, 0.25) is 0 Å². The Morgan fingerprint density at radius 2 is 1.81 bits per heavy atom. The summed E-state index contributed by atoms with van der Waals surface area (Å²) in [6, 6.07) is 7.66. The molecule has 1 aromatic rings. The van der Waals surface area contributed by atoms with E-state index < -0.39 is 5.60 Å². The second-order valence-corrected chi connectivity index (χ2v) is 7.06. The molecule has 1 saturated carbocycles. The second-order valence-electron chi connectivity index (χ2n) is 7.06. The lowest BCUT2D eigenvalue weighted by molar-refractivity contribution is -0.148. The molecule has 5 nitrogen and oxygen atoms in total. The molecule has 1 spiro atoms. The van der Waals surface area contributed by atoms with Gasteiger partial charge in [-0.3, -0.25) is 4.79 Å². The molecule has 3 rings (SSSR count). The number of esters is 1. The van der Waals surface area contributed by atoms with Crippen LogP contribution >= 0.6 is 0 Å². The smallest absolute Gasteiger partial charge is 0.335 e. The van der Waals surface area contributed by atoms with Gasteiger partial charge in [0, 0.05) is 12.1 Å². The standard InChI is InChI=1S/C21H27NO4/c1-3-25-17-10-8-16(9-11-17)14-22-19(23)18-15(2)20(24)26-21(18)12-6-4-5-7-13-21/h8-11H,3-7,12-14H2,1-2H3,(H,22,23). The monoisotopic (exact) mass is 357 g/mol. The van der Waals surface area contributed by atoms with Gasteiger partial charge in [0.2, 0.25) is 0 Å². The average Bonchev–Trinajstić information content (AvgIpc) is 2.78. The molecule has 1 aromatic carbocycles. The number of ether oxygens (including phenoxy) is 2. The zero-order valence-electron chi connectivity index (χ0n) is 15.6. The molecule has 0 unspecified atom stereocenters. The maximum absolute atomic E-state index is 12.9. The molecule has 0 atom stereocenters. The predicted octanol–water partition coefficient (Wildman–Crippen LogP) is 3.67. The third kappa shape index (κ3) is 3.76. The van der Waals surface area contributed by atoms with Crippen LogP contribution in [0.5, 0.6) is 5.75 Å². The number of benzene rings is 1. The van der Waals surface area contributed by atoms with Crippen molar-refractivity contribution in [2.45, 2.75) is 64.5 Å². The Kier molecular flexibility index (Phi) is 5.64. The summed E-state index contributed by atoms with van der Waals surface area (Å²) < 4.78 is 11.2. The van der Waals surface area contributed by atoms with Gasteiger partial charge in [0.15, 0.2) is 0 Å². The largest absolute Gasteiger partial charge is 0.494 e. The lowest BCUT2D eigenvalue weighted by Gasteiger charge is -2.29. The Balaban J connectivity index is 1.71. The highest BCUT2D eigenvalue weighted by Gasteiger charge is 2.48. The Hall–Kier alpha value is -2.30. The molecule has 1 N–H and O–H groups in total. The first-order valence-electron chi connectivity index (χ1n) is 9.50. The second kappa shape index (κ2) is 7.94. The minimum Gasteiger partial charge on any atom is -0.494 e.